The third-order valence-electron chi connectivity index (χ3n) is 13.1. The van der Waals surface area contributed by atoms with Gasteiger partial charge in [0.1, 0.15) is 23.9 Å². The summed E-state index contributed by atoms with van der Waals surface area (Å²) in [5.41, 5.74) is 7.71. The number of fused-ring (bicyclic) bond motifs is 6. The van der Waals surface area contributed by atoms with E-state index in [2.05, 4.69) is 66.2 Å². The zero-order chi connectivity index (χ0) is 47.7. The summed E-state index contributed by atoms with van der Waals surface area (Å²) in [5.74, 6) is -3.31. The van der Waals surface area contributed by atoms with Crippen molar-refractivity contribution in [1.29, 1.82) is 0 Å². The van der Waals surface area contributed by atoms with Crippen LogP contribution in [0.5, 0.6) is 5.75 Å². The number of aromatic nitrogens is 2. The number of phenolic OH excluding ortho intramolecular Hbond substituents is 1. The average molecular weight is 905 g/mol. The zero-order valence-electron chi connectivity index (χ0n) is 39.1. The predicted octanol–water partition coefficient (Wildman–Crippen LogP) is 4.10. The van der Waals surface area contributed by atoms with Crippen LogP contribution in [0.2, 0.25) is 0 Å². The number of benzene rings is 2. The van der Waals surface area contributed by atoms with Gasteiger partial charge in [0, 0.05) is 74.1 Å². The Hall–Kier alpha value is -6.10. The molecule has 7 rings (SSSR count). The number of hydrogen-bond donors (Lipinski definition) is 5. The van der Waals surface area contributed by atoms with Gasteiger partial charge in [-0.05, 0) is 104 Å². The number of hydrogen-bond acceptors (Lipinski definition) is 11. The van der Waals surface area contributed by atoms with Crippen LogP contribution in [0.3, 0.4) is 0 Å². The van der Waals surface area contributed by atoms with Crippen molar-refractivity contribution in [3.8, 4) is 28.1 Å². The molecule has 0 saturated carbocycles. The van der Waals surface area contributed by atoms with Crippen molar-refractivity contribution in [3.63, 3.8) is 0 Å². The minimum absolute atomic E-state index is 0.0210. The van der Waals surface area contributed by atoms with E-state index < -0.39 is 64.7 Å². The molecular formula is C50H64N8O8. The fourth-order valence-electron chi connectivity index (χ4n) is 9.90. The van der Waals surface area contributed by atoms with Crippen molar-refractivity contribution in [2.75, 3.05) is 40.3 Å². The van der Waals surface area contributed by atoms with E-state index in [0.29, 0.717) is 43.5 Å². The molecule has 16 heteroatoms. The molecule has 66 heavy (non-hydrogen) atoms. The summed E-state index contributed by atoms with van der Waals surface area (Å²) in [6.45, 7) is 14.7. The Bertz CT molecular complexity index is 2530. The molecule has 2 fully saturated rings. The highest BCUT2D eigenvalue weighted by molar-refractivity contribution is 5.97. The van der Waals surface area contributed by atoms with Gasteiger partial charge in [-0.2, -0.15) is 0 Å². The lowest BCUT2D eigenvalue weighted by Gasteiger charge is -2.37. The monoisotopic (exact) mass is 904 g/mol. The number of pyridine rings is 1. The lowest BCUT2D eigenvalue weighted by atomic mass is 9.84. The van der Waals surface area contributed by atoms with Crippen LogP contribution >= 0.6 is 0 Å². The smallest absolute Gasteiger partial charge is 0.324 e. The summed E-state index contributed by atoms with van der Waals surface area (Å²) in [5, 5.41) is 31.3. The Labute approximate surface area is 386 Å². The summed E-state index contributed by atoms with van der Waals surface area (Å²) in [7, 11) is 3.32. The van der Waals surface area contributed by atoms with Crippen LogP contribution in [0, 0.1) is 11.3 Å². The Kier molecular flexibility index (Phi) is 14.1. The number of nitrogens with one attached hydrogen (secondary N) is 3. The van der Waals surface area contributed by atoms with Gasteiger partial charge in [0.15, 0.2) is 5.60 Å². The van der Waals surface area contributed by atoms with E-state index in [-0.39, 0.29) is 44.8 Å². The third kappa shape index (κ3) is 9.72. The van der Waals surface area contributed by atoms with E-state index in [1.165, 1.54) is 21.9 Å². The summed E-state index contributed by atoms with van der Waals surface area (Å²) in [4.78, 5) is 76.7. The van der Waals surface area contributed by atoms with Gasteiger partial charge in [0.25, 0.3) is 11.8 Å². The number of amides is 4. The highest BCUT2D eigenvalue weighted by atomic mass is 16.5. The molecule has 0 spiro atoms. The lowest BCUT2D eigenvalue weighted by molar-refractivity contribution is -0.156. The number of nitrogens with zero attached hydrogens (tertiary/aromatic N) is 5. The van der Waals surface area contributed by atoms with E-state index in [9.17, 15) is 34.2 Å². The summed E-state index contributed by atoms with van der Waals surface area (Å²) in [6, 6.07) is 12.2. The molecule has 2 aromatic heterocycles. The Morgan fingerprint density at radius 1 is 1.11 bits per heavy atom. The summed E-state index contributed by atoms with van der Waals surface area (Å²) >= 11 is 0. The maximum atomic E-state index is 14.7. The Morgan fingerprint density at radius 2 is 1.88 bits per heavy atom. The van der Waals surface area contributed by atoms with E-state index in [4.69, 9.17) is 9.72 Å². The number of ether oxygens (including phenoxy) is 1. The number of esters is 1. The standard InChI is InChI=1S/C50H64N8O8/c1-9-42(60)56-20-17-50(65,28-56)48(64)55(8)43(30(3)4)45(61)53-39-23-31-21-33(24-34(59)22-31)32-15-16-41-36(25-32)37(44(57(41)10-2)35-13-11-18-52-40(35)27-51-7)26-49(5,6)29-66-47(63)38-14-12-19-58(54-38)46(39)62/h9,11,13,15-16,18,21-22,24-25,30,38-39,43,51,54,59,65H,1,10,12,14,17,19-20,23,26-29H2,2-8H3,(H,53,61)/t38-,39-,43-,50?/m0/s1. The molecule has 3 aliphatic rings. The lowest BCUT2D eigenvalue weighted by Crippen LogP contribution is -2.63. The van der Waals surface area contributed by atoms with Crippen LogP contribution in [0.25, 0.3) is 33.3 Å². The minimum Gasteiger partial charge on any atom is -0.508 e. The number of likely N-dealkylation sites (tertiary alicyclic amines) is 1. The number of aliphatic hydroxyl groups is 1. The first-order chi connectivity index (χ1) is 31.4. The maximum Gasteiger partial charge on any atom is 0.324 e. The number of hydrazine groups is 1. The van der Waals surface area contributed by atoms with Crippen molar-refractivity contribution in [2.24, 2.45) is 11.3 Å². The number of carbonyl (C=O) groups is 5. The number of aryl methyl sites for hydroxylation is 1. The number of likely N-dealkylation sites (N-methyl/N-ethyl adjacent to an activating group) is 1. The zero-order valence-corrected chi connectivity index (χ0v) is 39.1. The number of carbonyl (C=O) groups excluding carboxylic acids is 5. The molecule has 5 N–H and O–H groups in total. The molecule has 4 amide bonds. The first-order valence-electron chi connectivity index (χ1n) is 22.9. The molecule has 6 bridgehead atoms. The van der Waals surface area contributed by atoms with Crippen molar-refractivity contribution in [1.82, 2.24) is 40.4 Å². The third-order valence-corrected chi connectivity index (χ3v) is 13.1. The van der Waals surface area contributed by atoms with Crippen LogP contribution in [0.15, 0.2) is 67.4 Å². The fraction of sp³-hybridized carbons (Fsp3) is 0.480. The maximum absolute atomic E-state index is 14.7. The van der Waals surface area contributed by atoms with Gasteiger partial charge in [-0.15, -0.1) is 0 Å². The van der Waals surface area contributed by atoms with Gasteiger partial charge in [-0.25, -0.2) is 5.43 Å². The second-order valence-corrected chi connectivity index (χ2v) is 19.1. The fourth-order valence-corrected chi connectivity index (χ4v) is 9.90. The highest BCUT2D eigenvalue weighted by Gasteiger charge is 2.48. The average Bonchev–Trinajstić information content (AvgIpc) is 3.84. The van der Waals surface area contributed by atoms with Gasteiger partial charge in [-0.1, -0.05) is 46.4 Å². The van der Waals surface area contributed by atoms with Gasteiger partial charge >= 0.3 is 5.97 Å². The van der Waals surface area contributed by atoms with E-state index in [1.54, 1.807) is 32.2 Å². The van der Waals surface area contributed by atoms with Crippen LogP contribution in [0.1, 0.15) is 70.7 Å². The molecule has 4 aromatic rings. The molecule has 1 unspecified atom stereocenters. The number of aromatic hydroxyl groups is 1. The first kappa shape index (κ1) is 47.9. The molecular weight excluding hydrogens is 841 g/mol. The highest BCUT2D eigenvalue weighted by Crippen LogP contribution is 2.41. The number of phenols is 1. The minimum atomic E-state index is -1.93. The van der Waals surface area contributed by atoms with Crippen LogP contribution in [0.4, 0.5) is 0 Å². The van der Waals surface area contributed by atoms with Gasteiger partial charge in [-0.3, -0.25) is 34.0 Å². The van der Waals surface area contributed by atoms with E-state index in [1.807, 2.05) is 25.2 Å². The molecule has 352 valence electrons. The first-order valence-corrected chi connectivity index (χ1v) is 22.9. The number of β-amino-alcohol motifs (C(OH)–C–C–N with tert-alkyl or cyclic N) is 1. The van der Waals surface area contributed by atoms with Crippen LogP contribution in [-0.2, 0) is 54.6 Å². The second-order valence-electron chi connectivity index (χ2n) is 19.1. The van der Waals surface area contributed by atoms with E-state index >= 15 is 0 Å². The van der Waals surface area contributed by atoms with Crippen LogP contribution in [-0.4, -0.2) is 128 Å². The summed E-state index contributed by atoms with van der Waals surface area (Å²) in [6.07, 6.45) is 4.29. The van der Waals surface area contributed by atoms with E-state index in [0.717, 1.165) is 45.1 Å². The molecule has 0 radical (unpaired) electrons. The molecule has 2 aromatic carbocycles. The molecule has 2 saturated heterocycles. The van der Waals surface area contributed by atoms with Gasteiger partial charge in [0.2, 0.25) is 11.8 Å². The number of rotatable bonds is 10. The van der Waals surface area contributed by atoms with Crippen molar-refractivity contribution >= 4 is 40.5 Å². The summed E-state index contributed by atoms with van der Waals surface area (Å²) < 4.78 is 8.38. The molecule has 0 aliphatic carbocycles. The quantitative estimate of drug-likeness (QED) is 0.114. The molecule has 3 aliphatic heterocycles. The Morgan fingerprint density at radius 3 is 2.59 bits per heavy atom. The molecule has 5 heterocycles. The normalized spacial score (nSPS) is 21.6. The predicted molar refractivity (Wildman–Crippen MR) is 250 cm³/mol. The molecule has 4 atom stereocenters. The largest absolute Gasteiger partial charge is 0.508 e. The molecule has 16 nitrogen and oxygen atoms in total. The van der Waals surface area contributed by atoms with Crippen molar-refractivity contribution < 1.29 is 38.9 Å². The second kappa shape index (κ2) is 19.4. The topological polar surface area (TPSA) is 199 Å². The van der Waals surface area contributed by atoms with Crippen molar-refractivity contribution in [2.45, 2.75) is 104 Å². The van der Waals surface area contributed by atoms with Crippen molar-refractivity contribution in [3.05, 3.63) is 84.2 Å². The van der Waals surface area contributed by atoms with Gasteiger partial charge < -0.3 is 40.0 Å². The number of cyclic esters (lactones) is 1. The SMILES string of the molecule is C=CC(=O)N1CCC(O)(C(=O)N(C)[C@H](C(=O)N[C@H]2Cc3cc(O)cc(c3)-c3ccc4c(c3)c(c(-c3cccnc3CNC)n4CC)CC(C)(C)COC(=O)[C@@H]3CCCN(N3)C2=O)C(C)C)C1. The Balaban J connectivity index is 1.31. The van der Waals surface area contributed by atoms with Gasteiger partial charge in [0.05, 0.1) is 24.5 Å². The van der Waals surface area contributed by atoms with Crippen LogP contribution < -0.4 is 16.1 Å².